The second-order valence-electron chi connectivity index (χ2n) is 4.43. The predicted molar refractivity (Wildman–Crippen MR) is 75.5 cm³/mol. The smallest absolute Gasteiger partial charge is 0.197 e. The van der Waals surface area contributed by atoms with E-state index < -0.39 is 0 Å². The number of nitrogens with two attached hydrogens (primary N) is 1. The molecule has 0 aliphatic rings. The molecule has 8 heteroatoms. The number of aromatic nitrogens is 4. The maximum atomic E-state index is 5.79. The molecular formula is C11H18N6OS. The monoisotopic (exact) mass is 282 g/mol. The molecule has 104 valence electrons. The second kappa shape index (κ2) is 5.87. The molecular weight excluding hydrogens is 264 g/mol. The molecule has 2 heterocycles. The van der Waals surface area contributed by atoms with Crippen LogP contribution in [0.3, 0.4) is 0 Å². The summed E-state index contributed by atoms with van der Waals surface area (Å²) < 4.78 is 11.7. The van der Waals surface area contributed by atoms with Gasteiger partial charge in [0.05, 0.1) is 6.10 Å². The second-order valence-corrected chi connectivity index (χ2v) is 5.20. The molecule has 0 fully saturated rings. The topological polar surface area (TPSA) is 90.9 Å². The first-order valence-corrected chi connectivity index (χ1v) is 6.83. The van der Waals surface area contributed by atoms with E-state index >= 15 is 0 Å². The van der Waals surface area contributed by atoms with E-state index in [0.717, 1.165) is 23.8 Å². The number of anilines is 2. The van der Waals surface area contributed by atoms with Gasteiger partial charge in [-0.2, -0.15) is 4.37 Å². The molecule has 0 radical (unpaired) electrons. The maximum absolute atomic E-state index is 5.79. The standard InChI is InChI=1S/C11H18N6OS/c1-7(2)18-9-10(12)16-19-11(9)13-5-4-8-15-14-6-17(8)3/h6-7,13H,4-5H2,1-3H3,(H2,12,16). The highest BCUT2D eigenvalue weighted by atomic mass is 32.1. The van der Waals surface area contributed by atoms with E-state index in [-0.39, 0.29) is 6.10 Å². The van der Waals surface area contributed by atoms with E-state index in [4.69, 9.17) is 10.5 Å². The number of nitrogen functional groups attached to an aromatic ring is 1. The van der Waals surface area contributed by atoms with Crippen LogP contribution in [0, 0.1) is 0 Å². The highest BCUT2D eigenvalue weighted by Crippen LogP contribution is 2.35. The van der Waals surface area contributed by atoms with Crippen molar-refractivity contribution in [2.24, 2.45) is 7.05 Å². The Morgan fingerprint density at radius 1 is 1.53 bits per heavy atom. The van der Waals surface area contributed by atoms with Crippen LogP contribution < -0.4 is 15.8 Å². The fourth-order valence-corrected chi connectivity index (χ4v) is 2.25. The quantitative estimate of drug-likeness (QED) is 0.829. The van der Waals surface area contributed by atoms with Crippen LogP contribution in [0.1, 0.15) is 19.7 Å². The van der Waals surface area contributed by atoms with Crippen molar-refractivity contribution in [1.29, 1.82) is 0 Å². The molecule has 0 amide bonds. The van der Waals surface area contributed by atoms with Crippen LogP contribution >= 0.6 is 11.5 Å². The Kier molecular flexibility index (Phi) is 4.20. The molecule has 3 N–H and O–H groups in total. The molecule has 0 aromatic carbocycles. The van der Waals surface area contributed by atoms with Gasteiger partial charge in [-0.15, -0.1) is 10.2 Å². The van der Waals surface area contributed by atoms with Crippen molar-refractivity contribution in [3.8, 4) is 5.75 Å². The van der Waals surface area contributed by atoms with E-state index in [0.29, 0.717) is 11.6 Å². The molecule has 0 aliphatic heterocycles. The van der Waals surface area contributed by atoms with E-state index in [9.17, 15) is 0 Å². The Morgan fingerprint density at radius 3 is 2.95 bits per heavy atom. The average Bonchev–Trinajstić information content (AvgIpc) is 2.89. The minimum atomic E-state index is 0.0676. The van der Waals surface area contributed by atoms with Gasteiger partial charge in [0.2, 0.25) is 0 Å². The van der Waals surface area contributed by atoms with Gasteiger partial charge in [0.25, 0.3) is 0 Å². The summed E-state index contributed by atoms with van der Waals surface area (Å²) in [5, 5.41) is 12.0. The number of nitrogens with one attached hydrogen (secondary N) is 1. The summed E-state index contributed by atoms with van der Waals surface area (Å²) in [6.45, 7) is 4.64. The fraction of sp³-hybridized carbons (Fsp3) is 0.545. The molecule has 0 aliphatic carbocycles. The van der Waals surface area contributed by atoms with Gasteiger partial charge in [0.15, 0.2) is 16.6 Å². The third-order valence-electron chi connectivity index (χ3n) is 2.47. The largest absolute Gasteiger partial charge is 0.484 e. The number of ether oxygens (including phenoxy) is 1. The van der Waals surface area contributed by atoms with Gasteiger partial charge in [0.1, 0.15) is 12.2 Å². The van der Waals surface area contributed by atoms with Gasteiger partial charge < -0.3 is 20.4 Å². The van der Waals surface area contributed by atoms with Crippen molar-refractivity contribution >= 4 is 22.4 Å². The normalized spacial score (nSPS) is 10.9. The summed E-state index contributed by atoms with van der Waals surface area (Å²) in [4.78, 5) is 0. The summed E-state index contributed by atoms with van der Waals surface area (Å²) >= 11 is 1.31. The summed E-state index contributed by atoms with van der Waals surface area (Å²) in [7, 11) is 1.92. The summed E-state index contributed by atoms with van der Waals surface area (Å²) in [5.41, 5.74) is 5.79. The van der Waals surface area contributed by atoms with Crippen LogP contribution in [0.4, 0.5) is 10.8 Å². The molecule has 0 bridgehead atoms. The predicted octanol–water partition coefficient (Wildman–Crippen LogP) is 1.30. The van der Waals surface area contributed by atoms with E-state index in [2.05, 4.69) is 19.9 Å². The van der Waals surface area contributed by atoms with Crippen LogP contribution in [0.2, 0.25) is 0 Å². The van der Waals surface area contributed by atoms with Crippen molar-refractivity contribution in [3.05, 3.63) is 12.2 Å². The molecule has 2 aromatic rings. The van der Waals surface area contributed by atoms with Gasteiger partial charge in [-0.3, -0.25) is 0 Å². The van der Waals surface area contributed by atoms with Crippen LogP contribution in [-0.2, 0) is 13.5 Å². The third-order valence-corrected chi connectivity index (χ3v) is 3.27. The number of hydrogen-bond donors (Lipinski definition) is 2. The Morgan fingerprint density at radius 2 is 2.32 bits per heavy atom. The van der Waals surface area contributed by atoms with Crippen LogP contribution in [0.15, 0.2) is 6.33 Å². The van der Waals surface area contributed by atoms with Crippen LogP contribution in [0.5, 0.6) is 5.75 Å². The fourth-order valence-electron chi connectivity index (χ4n) is 1.58. The highest BCUT2D eigenvalue weighted by molar-refractivity contribution is 7.11. The Labute approximate surface area is 116 Å². The molecule has 2 aromatic heterocycles. The molecule has 0 saturated heterocycles. The number of nitrogens with zero attached hydrogens (tertiary/aromatic N) is 4. The Balaban J connectivity index is 1.94. The van der Waals surface area contributed by atoms with Gasteiger partial charge in [-0.25, -0.2) is 0 Å². The van der Waals surface area contributed by atoms with Gasteiger partial charge in [-0.05, 0) is 25.4 Å². The maximum Gasteiger partial charge on any atom is 0.197 e. The lowest BCUT2D eigenvalue weighted by molar-refractivity contribution is 0.245. The summed E-state index contributed by atoms with van der Waals surface area (Å²) in [6, 6.07) is 0. The van der Waals surface area contributed by atoms with E-state index in [1.165, 1.54) is 11.5 Å². The molecule has 0 saturated carbocycles. The third kappa shape index (κ3) is 3.34. The van der Waals surface area contributed by atoms with Crippen molar-refractivity contribution in [2.75, 3.05) is 17.6 Å². The van der Waals surface area contributed by atoms with Gasteiger partial charge in [-0.1, -0.05) is 0 Å². The zero-order valence-electron chi connectivity index (χ0n) is 11.3. The molecule has 19 heavy (non-hydrogen) atoms. The zero-order valence-corrected chi connectivity index (χ0v) is 12.1. The summed E-state index contributed by atoms with van der Waals surface area (Å²) in [5.74, 6) is 1.99. The van der Waals surface area contributed by atoms with Gasteiger partial charge >= 0.3 is 0 Å². The van der Waals surface area contributed by atoms with Crippen molar-refractivity contribution in [1.82, 2.24) is 19.1 Å². The lowest BCUT2D eigenvalue weighted by Gasteiger charge is -2.11. The molecule has 0 atom stereocenters. The minimum absolute atomic E-state index is 0.0676. The van der Waals surface area contributed by atoms with Crippen molar-refractivity contribution in [3.63, 3.8) is 0 Å². The lowest BCUT2D eigenvalue weighted by Crippen LogP contribution is -2.11. The van der Waals surface area contributed by atoms with Crippen molar-refractivity contribution < 1.29 is 4.74 Å². The molecule has 0 unspecified atom stereocenters. The van der Waals surface area contributed by atoms with Gasteiger partial charge in [0, 0.05) is 20.0 Å². The van der Waals surface area contributed by atoms with Crippen molar-refractivity contribution in [2.45, 2.75) is 26.4 Å². The first kappa shape index (κ1) is 13.6. The molecule has 0 spiro atoms. The van der Waals surface area contributed by atoms with E-state index in [1.54, 1.807) is 6.33 Å². The van der Waals surface area contributed by atoms with Crippen LogP contribution in [-0.4, -0.2) is 31.8 Å². The van der Waals surface area contributed by atoms with E-state index in [1.807, 2.05) is 25.5 Å². The zero-order chi connectivity index (χ0) is 13.8. The molecule has 2 rings (SSSR count). The minimum Gasteiger partial charge on any atom is -0.484 e. The first-order valence-electron chi connectivity index (χ1n) is 6.06. The number of hydrogen-bond acceptors (Lipinski definition) is 7. The SMILES string of the molecule is CC(C)Oc1c(N)nsc1NCCc1nncn1C. The summed E-state index contributed by atoms with van der Waals surface area (Å²) in [6.07, 6.45) is 2.53. The number of aryl methyl sites for hydroxylation is 1. The number of rotatable bonds is 6. The first-order chi connectivity index (χ1) is 9.08. The average molecular weight is 282 g/mol. The van der Waals surface area contributed by atoms with Crippen LogP contribution in [0.25, 0.3) is 0 Å². The Hall–Kier alpha value is -1.83. The lowest BCUT2D eigenvalue weighted by atomic mass is 10.4. The highest BCUT2D eigenvalue weighted by Gasteiger charge is 2.14. The Bertz CT molecular complexity index is 535. The molecule has 7 nitrogen and oxygen atoms in total.